The molecule has 1 aromatic carbocycles. The standard InChI is InChI=1S/C35H48O/c1-24(2)10-9-11-25(3)29-16-17-30-28-23-33(36)32-22-27(15-14-26-12-7-6-8-13-26)18-20-35(32,5)31(28)19-21-34(29,30)4/h6-8,12-13,22,24-25,28-32H,9-11,16-21,23H2,1-5H3/t25-,28+,29+,30+,31-,32-,34+,35+/m0/s1. The van der Waals surface area contributed by atoms with Gasteiger partial charge >= 0.3 is 0 Å². The quantitative estimate of drug-likeness (QED) is 0.381. The van der Waals surface area contributed by atoms with E-state index in [1.807, 2.05) is 18.2 Å². The van der Waals surface area contributed by atoms with Crippen LogP contribution >= 0.6 is 0 Å². The Morgan fingerprint density at radius 2 is 1.67 bits per heavy atom. The largest absolute Gasteiger partial charge is 0.299 e. The lowest BCUT2D eigenvalue weighted by Gasteiger charge is -2.59. The molecule has 1 nitrogen and oxygen atoms in total. The molecule has 0 aromatic heterocycles. The van der Waals surface area contributed by atoms with Gasteiger partial charge in [-0.3, -0.25) is 4.79 Å². The number of hydrogen-bond acceptors (Lipinski definition) is 1. The zero-order valence-electron chi connectivity index (χ0n) is 23.5. The molecule has 0 heterocycles. The number of Topliss-reactive ketones (excluding diaryl/α,β-unsaturated/α-hetero) is 1. The van der Waals surface area contributed by atoms with Crippen LogP contribution in [0.4, 0.5) is 0 Å². The van der Waals surface area contributed by atoms with Gasteiger partial charge in [0.2, 0.25) is 0 Å². The van der Waals surface area contributed by atoms with Gasteiger partial charge in [-0.25, -0.2) is 0 Å². The van der Waals surface area contributed by atoms with Crippen molar-refractivity contribution >= 4 is 5.78 Å². The Bertz CT molecular complexity index is 1040. The van der Waals surface area contributed by atoms with Gasteiger partial charge < -0.3 is 0 Å². The number of carbonyl (C=O) groups is 1. The molecule has 3 saturated carbocycles. The minimum absolute atomic E-state index is 0.0732. The van der Waals surface area contributed by atoms with Crippen molar-refractivity contribution in [1.29, 1.82) is 0 Å². The van der Waals surface area contributed by atoms with Crippen LogP contribution in [-0.4, -0.2) is 5.78 Å². The van der Waals surface area contributed by atoms with Gasteiger partial charge in [0.15, 0.2) is 0 Å². The molecule has 8 atom stereocenters. The molecule has 0 saturated heterocycles. The van der Waals surface area contributed by atoms with Gasteiger partial charge in [-0.2, -0.15) is 0 Å². The van der Waals surface area contributed by atoms with E-state index < -0.39 is 0 Å². The zero-order chi connectivity index (χ0) is 25.5. The summed E-state index contributed by atoms with van der Waals surface area (Å²) in [6.07, 6.45) is 14.8. The fourth-order valence-electron chi connectivity index (χ4n) is 9.46. The maximum atomic E-state index is 13.7. The number of fused-ring (bicyclic) bond motifs is 5. The SMILES string of the molecule is CC(C)CCC[C@H](C)[C@H]1CC[C@@H]2[C@H]3CC(=O)[C@@H]4C=C(C#Cc5ccccc5)CC[C@]4(C)[C@H]3CC[C@@]21C. The average molecular weight is 485 g/mol. The van der Waals surface area contributed by atoms with Crippen LogP contribution in [0, 0.1) is 64.1 Å². The predicted octanol–water partition coefficient (Wildman–Crippen LogP) is 8.87. The molecule has 0 spiro atoms. The molecule has 4 aliphatic rings. The Balaban J connectivity index is 1.32. The van der Waals surface area contributed by atoms with Crippen molar-refractivity contribution in [2.75, 3.05) is 0 Å². The lowest BCUT2D eigenvalue weighted by molar-refractivity contribution is -0.146. The van der Waals surface area contributed by atoms with Crippen molar-refractivity contribution in [3.63, 3.8) is 0 Å². The van der Waals surface area contributed by atoms with Gasteiger partial charge in [0, 0.05) is 17.9 Å². The van der Waals surface area contributed by atoms with E-state index in [4.69, 9.17) is 0 Å². The van der Waals surface area contributed by atoms with Gasteiger partial charge in [0.1, 0.15) is 5.78 Å². The van der Waals surface area contributed by atoms with E-state index in [1.54, 1.807) is 0 Å². The zero-order valence-corrected chi connectivity index (χ0v) is 23.5. The van der Waals surface area contributed by atoms with Crippen molar-refractivity contribution < 1.29 is 4.79 Å². The van der Waals surface area contributed by atoms with E-state index in [9.17, 15) is 4.79 Å². The Kier molecular flexibility index (Phi) is 7.29. The van der Waals surface area contributed by atoms with Crippen molar-refractivity contribution in [1.82, 2.24) is 0 Å². The lowest BCUT2D eigenvalue weighted by Crippen LogP contribution is -2.55. The highest BCUT2D eigenvalue weighted by Crippen LogP contribution is 2.67. The van der Waals surface area contributed by atoms with Crippen LogP contribution in [-0.2, 0) is 4.79 Å². The Hall–Kier alpha value is -1.81. The number of ketones is 1. The predicted molar refractivity (Wildman–Crippen MR) is 150 cm³/mol. The number of hydrogen-bond donors (Lipinski definition) is 0. The molecule has 0 radical (unpaired) electrons. The van der Waals surface area contributed by atoms with Crippen LogP contribution < -0.4 is 0 Å². The lowest BCUT2D eigenvalue weighted by atomic mass is 9.44. The van der Waals surface area contributed by atoms with Crippen LogP contribution in [0.2, 0.25) is 0 Å². The molecule has 1 aromatic rings. The second kappa shape index (κ2) is 10.2. The smallest absolute Gasteiger partial charge is 0.140 e. The van der Waals surface area contributed by atoms with E-state index in [1.165, 1.54) is 50.5 Å². The molecule has 5 rings (SSSR count). The molecule has 1 heteroatoms. The van der Waals surface area contributed by atoms with Gasteiger partial charge in [-0.1, -0.05) is 90.0 Å². The summed E-state index contributed by atoms with van der Waals surface area (Å²) in [5.41, 5.74) is 2.81. The van der Waals surface area contributed by atoms with E-state index in [2.05, 4.69) is 64.7 Å². The number of carbonyl (C=O) groups excluding carboxylic acids is 1. The second-order valence-electron chi connectivity index (χ2n) is 13.9. The monoisotopic (exact) mass is 484 g/mol. The van der Waals surface area contributed by atoms with Crippen molar-refractivity contribution in [3.8, 4) is 11.8 Å². The van der Waals surface area contributed by atoms with Crippen LogP contribution in [0.1, 0.15) is 104 Å². The van der Waals surface area contributed by atoms with Crippen molar-refractivity contribution in [3.05, 3.63) is 47.5 Å². The fraction of sp³-hybridized carbons (Fsp3) is 0.686. The maximum Gasteiger partial charge on any atom is 0.140 e. The third kappa shape index (κ3) is 4.64. The molecule has 194 valence electrons. The van der Waals surface area contributed by atoms with Crippen molar-refractivity contribution in [2.45, 2.75) is 98.8 Å². The van der Waals surface area contributed by atoms with E-state index in [0.717, 1.165) is 48.5 Å². The normalized spacial score (nSPS) is 38.3. The molecule has 0 unspecified atom stereocenters. The van der Waals surface area contributed by atoms with Gasteiger partial charge in [0.05, 0.1) is 0 Å². The van der Waals surface area contributed by atoms with Crippen LogP contribution in [0.5, 0.6) is 0 Å². The van der Waals surface area contributed by atoms with Crippen LogP contribution in [0.25, 0.3) is 0 Å². The van der Waals surface area contributed by atoms with Gasteiger partial charge in [-0.05, 0) is 103 Å². The Morgan fingerprint density at radius 1 is 0.917 bits per heavy atom. The molecule has 0 amide bonds. The Labute approximate surface area is 220 Å². The summed E-state index contributed by atoms with van der Waals surface area (Å²) >= 11 is 0. The van der Waals surface area contributed by atoms with E-state index in [0.29, 0.717) is 23.0 Å². The topological polar surface area (TPSA) is 17.1 Å². The van der Waals surface area contributed by atoms with Gasteiger partial charge in [0.25, 0.3) is 0 Å². The highest BCUT2D eigenvalue weighted by molar-refractivity contribution is 5.85. The molecule has 36 heavy (non-hydrogen) atoms. The minimum Gasteiger partial charge on any atom is -0.299 e. The number of benzene rings is 1. The summed E-state index contributed by atoms with van der Waals surface area (Å²) in [6, 6.07) is 10.2. The highest BCUT2D eigenvalue weighted by atomic mass is 16.1. The number of rotatable bonds is 5. The third-order valence-corrected chi connectivity index (χ3v) is 11.4. The summed E-state index contributed by atoms with van der Waals surface area (Å²) in [6.45, 7) is 12.3. The fourth-order valence-corrected chi connectivity index (χ4v) is 9.46. The second-order valence-corrected chi connectivity index (χ2v) is 13.9. The number of allylic oxidation sites excluding steroid dienone is 2. The first kappa shape index (κ1) is 25.8. The first-order valence-corrected chi connectivity index (χ1v) is 15.0. The minimum atomic E-state index is 0.0732. The maximum absolute atomic E-state index is 13.7. The third-order valence-electron chi connectivity index (χ3n) is 11.4. The first-order valence-electron chi connectivity index (χ1n) is 15.0. The molecule has 0 N–H and O–H groups in total. The molecular weight excluding hydrogens is 436 g/mol. The molecule has 4 aliphatic carbocycles. The van der Waals surface area contributed by atoms with Crippen LogP contribution in [0.15, 0.2) is 42.0 Å². The van der Waals surface area contributed by atoms with E-state index in [-0.39, 0.29) is 11.3 Å². The highest BCUT2D eigenvalue weighted by Gasteiger charge is 2.61. The molecule has 3 fully saturated rings. The summed E-state index contributed by atoms with van der Waals surface area (Å²) in [4.78, 5) is 13.7. The van der Waals surface area contributed by atoms with Gasteiger partial charge in [-0.15, -0.1) is 0 Å². The summed E-state index contributed by atoms with van der Waals surface area (Å²) in [7, 11) is 0. The first-order chi connectivity index (χ1) is 17.2. The van der Waals surface area contributed by atoms with E-state index >= 15 is 0 Å². The molecular formula is C35H48O. The van der Waals surface area contributed by atoms with Crippen molar-refractivity contribution in [2.24, 2.45) is 52.3 Å². The summed E-state index contributed by atoms with van der Waals surface area (Å²) < 4.78 is 0. The van der Waals surface area contributed by atoms with Crippen LogP contribution in [0.3, 0.4) is 0 Å². The average Bonchev–Trinajstić information content (AvgIpc) is 3.21. The Morgan fingerprint density at radius 3 is 2.42 bits per heavy atom. The summed E-state index contributed by atoms with van der Waals surface area (Å²) in [5.74, 6) is 11.9. The molecule has 0 aliphatic heterocycles. The molecule has 0 bridgehead atoms. The summed E-state index contributed by atoms with van der Waals surface area (Å²) in [5, 5.41) is 0.